The summed E-state index contributed by atoms with van der Waals surface area (Å²) in [6.45, 7) is 3.19. The lowest BCUT2D eigenvalue weighted by atomic mass is 10.1. The topological polar surface area (TPSA) is 64.1 Å². The van der Waals surface area contributed by atoms with Gasteiger partial charge >= 0.3 is 0 Å². The normalized spacial score (nSPS) is 28.6. The van der Waals surface area contributed by atoms with Crippen LogP contribution in [0.4, 0.5) is 0 Å². The van der Waals surface area contributed by atoms with E-state index in [-0.39, 0.29) is 12.6 Å². The van der Waals surface area contributed by atoms with E-state index in [1.54, 1.807) is 8.61 Å². The fourth-order valence-corrected chi connectivity index (χ4v) is 4.57. The summed E-state index contributed by atoms with van der Waals surface area (Å²) >= 11 is 0. The molecule has 19 heavy (non-hydrogen) atoms. The smallest absolute Gasteiger partial charge is 0.282 e. The van der Waals surface area contributed by atoms with Crippen LogP contribution in [0.3, 0.4) is 0 Å². The summed E-state index contributed by atoms with van der Waals surface area (Å²) in [6.07, 6.45) is 3.69. The third kappa shape index (κ3) is 3.46. The number of piperidine rings is 1. The van der Waals surface area contributed by atoms with Gasteiger partial charge in [-0.25, -0.2) is 0 Å². The minimum atomic E-state index is -3.30. The maximum atomic E-state index is 12.6. The number of aliphatic hydroxyl groups is 1. The second-order valence-electron chi connectivity index (χ2n) is 5.47. The van der Waals surface area contributed by atoms with E-state index in [0.29, 0.717) is 32.6 Å². The van der Waals surface area contributed by atoms with Crippen LogP contribution in [-0.2, 0) is 10.2 Å². The summed E-state index contributed by atoms with van der Waals surface area (Å²) in [4.78, 5) is 2.14. The van der Waals surface area contributed by atoms with E-state index in [0.717, 1.165) is 25.8 Å². The first-order chi connectivity index (χ1) is 9.05. The average Bonchev–Trinajstić information content (AvgIpc) is 2.42. The monoisotopic (exact) mass is 291 g/mol. The molecule has 2 fully saturated rings. The number of hydrogen-bond acceptors (Lipinski definition) is 4. The number of piperazine rings is 1. The van der Waals surface area contributed by atoms with Crippen molar-refractivity contribution in [3.63, 3.8) is 0 Å². The first-order valence-corrected chi connectivity index (χ1v) is 8.51. The molecule has 0 aliphatic carbocycles. The molecule has 6 nitrogen and oxygen atoms in total. The average molecular weight is 291 g/mol. The molecule has 7 heteroatoms. The standard InChI is InChI=1S/C12H25N3O3S/c1-13-8-9-15(11-12(13)5-10-16)19(17,18)14-6-3-2-4-7-14/h12,16H,2-11H2,1H3. The van der Waals surface area contributed by atoms with Crippen LogP contribution in [0.2, 0.25) is 0 Å². The Labute approximate surface area is 116 Å². The minimum absolute atomic E-state index is 0.104. The predicted molar refractivity (Wildman–Crippen MR) is 74.0 cm³/mol. The number of likely N-dealkylation sites (N-methyl/N-ethyl adjacent to an activating group) is 1. The van der Waals surface area contributed by atoms with Gasteiger partial charge in [0.15, 0.2) is 0 Å². The van der Waals surface area contributed by atoms with Crippen LogP contribution >= 0.6 is 0 Å². The van der Waals surface area contributed by atoms with Gasteiger partial charge in [-0.3, -0.25) is 0 Å². The van der Waals surface area contributed by atoms with Crippen molar-refractivity contribution in [1.29, 1.82) is 0 Å². The Morgan fingerprint density at radius 3 is 2.37 bits per heavy atom. The van der Waals surface area contributed by atoms with E-state index in [9.17, 15) is 8.42 Å². The molecular formula is C12H25N3O3S. The SMILES string of the molecule is CN1CCN(S(=O)(=O)N2CCCCC2)CC1CCO. The van der Waals surface area contributed by atoms with Crippen LogP contribution < -0.4 is 0 Å². The van der Waals surface area contributed by atoms with Crippen molar-refractivity contribution in [1.82, 2.24) is 13.5 Å². The second kappa shape index (κ2) is 6.49. The van der Waals surface area contributed by atoms with E-state index < -0.39 is 10.2 Å². The fourth-order valence-electron chi connectivity index (χ4n) is 2.85. The van der Waals surface area contributed by atoms with Gasteiger partial charge < -0.3 is 10.0 Å². The number of aliphatic hydroxyl groups excluding tert-OH is 1. The Balaban J connectivity index is 2.03. The highest BCUT2D eigenvalue weighted by atomic mass is 32.2. The molecule has 1 N–H and O–H groups in total. The lowest BCUT2D eigenvalue weighted by molar-refractivity contribution is 0.115. The Kier molecular flexibility index (Phi) is 5.19. The molecule has 0 aromatic heterocycles. The van der Waals surface area contributed by atoms with Gasteiger partial charge in [-0.2, -0.15) is 17.0 Å². The lowest BCUT2D eigenvalue weighted by Gasteiger charge is -2.41. The predicted octanol–water partition coefficient (Wildman–Crippen LogP) is -0.284. The van der Waals surface area contributed by atoms with Gasteiger partial charge in [-0.1, -0.05) is 6.42 Å². The quantitative estimate of drug-likeness (QED) is 0.773. The van der Waals surface area contributed by atoms with E-state index in [1.807, 2.05) is 7.05 Å². The number of rotatable bonds is 4. The van der Waals surface area contributed by atoms with Gasteiger partial charge in [0.25, 0.3) is 10.2 Å². The summed E-state index contributed by atoms with van der Waals surface area (Å²) in [5, 5.41) is 9.07. The molecule has 0 bridgehead atoms. The van der Waals surface area contributed by atoms with Crippen molar-refractivity contribution in [2.45, 2.75) is 31.7 Å². The van der Waals surface area contributed by atoms with Gasteiger partial charge in [0, 0.05) is 45.4 Å². The molecular weight excluding hydrogens is 266 g/mol. The highest BCUT2D eigenvalue weighted by Gasteiger charge is 2.35. The van der Waals surface area contributed by atoms with E-state index in [4.69, 9.17) is 5.11 Å². The Bertz CT molecular complexity index is 382. The van der Waals surface area contributed by atoms with Crippen LogP contribution in [0.5, 0.6) is 0 Å². The maximum Gasteiger partial charge on any atom is 0.282 e. The fraction of sp³-hybridized carbons (Fsp3) is 1.00. The highest BCUT2D eigenvalue weighted by molar-refractivity contribution is 7.86. The summed E-state index contributed by atoms with van der Waals surface area (Å²) in [6, 6.07) is 0.123. The van der Waals surface area contributed by atoms with Crippen LogP contribution in [0.1, 0.15) is 25.7 Å². The molecule has 1 unspecified atom stereocenters. The molecule has 0 spiro atoms. The Hall–Kier alpha value is -0.210. The first kappa shape index (κ1) is 15.2. The van der Waals surface area contributed by atoms with E-state index in [1.165, 1.54) is 0 Å². The largest absolute Gasteiger partial charge is 0.396 e. The Morgan fingerprint density at radius 2 is 1.74 bits per heavy atom. The molecule has 2 heterocycles. The van der Waals surface area contributed by atoms with Crippen LogP contribution in [0.25, 0.3) is 0 Å². The number of nitrogens with zero attached hydrogens (tertiary/aromatic N) is 3. The summed E-state index contributed by atoms with van der Waals surface area (Å²) in [5.41, 5.74) is 0. The van der Waals surface area contributed by atoms with Gasteiger partial charge in [-0.15, -0.1) is 0 Å². The van der Waals surface area contributed by atoms with Crippen molar-refractivity contribution < 1.29 is 13.5 Å². The molecule has 2 aliphatic rings. The first-order valence-electron chi connectivity index (χ1n) is 7.12. The van der Waals surface area contributed by atoms with Gasteiger partial charge in [0.1, 0.15) is 0 Å². The molecule has 2 rings (SSSR count). The van der Waals surface area contributed by atoms with Crippen LogP contribution in [-0.4, -0.2) is 79.5 Å². The third-order valence-electron chi connectivity index (χ3n) is 4.17. The molecule has 112 valence electrons. The molecule has 0 amide bonds. The number of hydrogen-bond donors (Lipinski definition) is 1. The van der Waals surface area contributed by atoms with E-state index in [2.05, 4.69) is 4.90 Å². The Morgan fingerprint density at radius 1 is 1.05 bits per heavy atom. The molecule has 2 saturated heterocycles. The zero-order chi connectivity index (χ0) is 13.9. The molecule has 0 aromatic rings. The van der Waals surface area contributed by atoms with E-state index >= 15 is 0 Å². The molecule has 0 aromatic carbocycles. The minimum Gasteiger partial charge on any atom is -0.396 e. The molecule has 0 radical (unpaired) electrons. The summed E-state index contributed by atoms with van der Waals surface area (Å²) < 4.78 is 28.4. The van der Waals surface area contributed by atoms with Crippen LogP contribution in [0.15, 0.2) is 0 Å². The lowest BCUT2D eigenvalue weighted by Crippen LogP contribution is -2.57. The van der Waals surface area contributed by atoms with Crippen molar-refractivity contribution in [2.24, 2.45) is 0 Å². The van der Waals surface area contributed by atoms with Gasteiger partial charge in [-0.05, 0) is 26.3 Å². The molecule has 1 atom stereocenters. The van der Waals surface area contributed by atoms with Gasteiger partial charge in [0.05, 0.1) is 0 Å². The van der Waals surface area contributed by atoms with Crippen molar-refractivity contribution in [2.75, 3.05) is 46.4 Å². The van der Waals surface area contributed by atoms with Crippen LogP contribution in [0, 0.1) is 0 Å². The molecule has 0 saturated carbocycles. The van der Waals surface area contributed by atoms with Crippen molar-refractivity contribution in [3.05, 3.63) is 0 Å². The zero-order valence-electron chi connectivity index (χ0n) is 11.7. The van der Waals surface area contributed by atoms with Crippen molar-refractivity contribution >= 4 is 10.2 Å². The summed E-state index contributed by atoms with van der Waals surface area (Å²) in [5.74, 6) is 0. The maximum absolute atomic E-state index is 12.6. The van der Waals surface area contributed by atoms with Crippen molar-refractivity contribution in [3.8, 4) is 0 Å². The third-order valence-corrected chi connectivity index (χ3v) is 6.17. The summed E-state index contributed by atoms with van der Waals surface area (Å²) in [7, 11) is -1.31. The second-order valence-corrected chi connectivity index (χ2v) is 7.40. The molecule has 2 aliphatic heterocycles. The zero-order valence-corrected chi connectivity index (χ0v) is 12.5. The van der Waals surface area contributed by atoms with Gasteiger partial charge in [0.2, 0.25) is 0 Å². The highest BCUT2D eigenvalue weighted by Crippen LogP contribution is 2.20.